The van der Waals surface area contributed by atoms with E-state index in [0.717, 1.165) is 22.4 Å². The Hall–Kier alpha value is -2.30. The maximum absolute atomic E-state index is 4.41. The van der Waals surface area contributed by atoms with Crippen molar-refractivity contribution in [2.24, 2.45) is 0 Å². The van der Waals surface area contributed by atoms with E-state index in [9.17, 15) is 0 Å². The lowest BCUT2D eigenvalue weighted by molar-refractivity contribution is 0.746. The molecule has 3 aromatic rings. The molecule has 1 aliphatic rings. The molecule has 0 spiro atoms. The van der Waals surface area contributed by atoms with E-state index in [1.807, 2.05) is 24.5 Å². The molecule has 0 aliphatic heterocycles. The van der Waals surface area contributed by atoms with E-state index in [2.05, 4.69) is 24.7 Å². The molecule has 2 aromatic heterocycles. The van der Waals surface area contributed by atoms with E-state index in [4.69, 9.17) is 0 Å². The van der Waals surface area contributed by atoms with Gasteiger partial charge in [0.25, 0.3) is 0 Å². The van der Waals surface area contributed by atoms with E-state index in [-0.39, 0.29) is 0 Å². The number of benzene rings is 1. The summed E-state index contributed by atoms with van der Waals surface area (Å²) in [7, 11) is 0. The smallest absolute Gasteiger partial charge is 0.166 e. The van der Waals surface area contributed by atoms with Crippen molar-refractivity contribution in [1.82, 2.24) is 24.7 Å². The van der Waals surface area contributed by atoms with Gasteiger partial charge in [-0.3, -0.25) is 9.97 Å². The highest BCUT2D eigenvalue weighted by atomic mass is 15.3. The average molecular weight is 237 g/mol. The largest absolute Gasteiger partial charge is 0.310 e. The van der Waals surface area contributed by atoms with Gasteiger partial charge >= 0.3 is 0 Å². The van der Waals surface area contributed by atoms with Crippen molar-refractivity contribution in [3.8, 4) is 11.4 Å². The number of aromatic nitrogens is 5. The first-order valence-electron chi connectivity index (χ1n) is 6.03. The minimum atomic E-state index is 0.557. The SMILES string of the molecule is c1cc(-c2nncn2C2CC2)c2nccnc2c1. The van der Waals surface area contributed by atoms with Gasteiger partial charge in [0.15, 0.2) is 5.82 Å². The van der Waals surface area contributed by atoms with Crippen LogP contribution >= 0.6 is 0 Å². The topological polar surface area (TPSA) is 56.5 Å². The molecule has 1 fully saturated rings. The van der Waals surface area contributed by atoms with Crippen molar-refractivity contribution in [3.63, 3.8) is 0 Å². The highest BCUT2D eigenvalue weighted by molar-refractivity contribution is 5.89. The molecule has 0 atom stereocenters. The fourth-order valence-electron chi connectivity index (χ4n) is 2.23. The highest BCUT2D eigenvalue weighted by Crippen LogP contribution is 2.38. The lowest BCUT2D eigenvalue weighted by Crippen LogP contribution is -1.97. The minimum absolute atomic E-state index is 0.557. The third kappa shape index (κ3) is 1.40. The van der Waals surface area contributed by atoms with Gasteiger partial charge in [-0.25, -0.2) is 0 Å². The monoisotopic (exact) mass is 237 g/mol. The van der Waals surface area contributed by atoms with E-state index >= 15 is 0 Å². The zero-order valence-electron chi connectivity index (χ0n) is 9.69. The van der Waals surface area contributed by atoms with Crippen LogP contribution in [0.5, 0.6) is 0 Å². The summed E-state index contributed by atoms with van der Waals surface area (Å²) in [4.78, 5) is 8.74. The quantitative estimate of drug-likeness (QED) is 0.685. The number of nitrogens with zero attached hydrogens (tertiary/aromatic N) is 5. The molecule has 1 aromatic carbocycles. The first kappa shape index (κ1) is 9.70. The van der Waals surface area contributed by atoms with Gasteiger partial charge in [0.1, 0.15) is 6.33 Å². The molecule has 0 radical (unpaired) electrons. The van der Waals surface area contributed by atoms with Crippen molar-refractivity contribution in [3.05, 3.63) is 36.9 Å². The first-order valence-corrected chi connectivity index (χ1v) is 6.03. The van der Waals surface area contributed by atoms with Crippen LogP contribution in [0.4, 0.5) is 0 Å². The zero-order valence-corrected chi connectivity index (χ0v) is 9.69. The Morgan fingerprint density at radius 1 is 1.11 bits per heavy atom. The fraction of sp³-hybridized carbons (Fsp3) is 0.231. The van der Waals surface area contributed by atoms with Crippen molar-refractivity contribution in [1.29, 1.82) is 0 Å². The highest BCUT2D eigenvalue weighted by Gasteiger charge is 2.27. The van der Waals surface area contributed by atoms with Crippen LogP contribution in [-0.2, 0) is 0 Å². The summed E-state index contributed by atoms with van der Waals surface area (Å²) in [6, 6.07) is 6.53. The molecule has 4 rings (SSSR count). The Kier molecular flexibility index (Phi) is 1.94. The van der Waals surface area contributed by atoms with Crippen LogP contribution in [0.2, 0.25) is 0 Å². The molecule has 0 unspecified atom stereocenters. The van der Waals surface area contributed by atoms with Gasteiger partial charge in [0.2, 0.25) is 0 Å². The van der Waals surface area contributed by atoms with E-state index < -0.39 is 0 Å². The summed E-state index contributed by atoms with van der Waals surface area (Å²) in [6.45, 7) is 0. The third-order valence-corrected chi connectivity index (χ3v) is 3.25. The molecule has 2 heterocycles. The molecular formula is C13H11N5. The van der Waals surface area contributed by atoms with Crippen LogP contribution in [0.15, 0.2) is 36.9 Å². The van der Waals surface area contributed by atoms with Gasteiger partial charge in [-0.15, -0.1) is 10.2 Å². The molecule has 5 heteroatoms. The van der Waals surface area contributed by atoms with Crippen molar-refractivity contribution >= 4 is 11.0 Å². The van der Waals surface area contributed by atoms with Crippen LogP contribution in [0, 0.1) is 0 Å². The summed E-state index contributed by atoms with van der Waals surface area (Å²) in [5.41, 5.74) is 2.78. The zero-order chi connectivity index (χ0) is 11.9. The third-order valence-electron chi connectivity index (χ3n) is 3.25. The summed E-state index contributed by atoms with van der Waals surface area (Å²) in [6.07, 6.45) is 7.65. The second-order valence-electron chi connectivity index (χ2n) is 4.52. The van der Waals surface area contributed by atoms with Crippen LogP contribution in [-0.4, -0.2) is 24.7 Å². The summed E-state index contributed by atoms with van der Waals surface area (Å²) < 4.78 is 2.14. The molecule has 88 valence electrons. The van der Waals surface area contributed by atoms with Crippen LogP contribution in [0.1, 0.15) is 18.9 Å². The Morgan fingerprint density at radius 2 is 2.00 bits per heavy atom. The summed E-state index contributed by atoms with van der Waals surface area (Å²) >= 11 is 0. The molecule has 5 nitrogen and oxygen atoms in total. The predicted molar refractivity (Wildman–Crippen MR) is 66.8 cm³/mol. The van der Waals surface area contributed by atoms with Gasteiger partial charge in [-0.05, 0) is 25.0 Å². The molecular weight excluding hydrogens is 226 g/mol. The predicted octanol–water partition coefficient (Wildman–Crippen LogP) is 2.22. The van der Waals surface area contributed by atoms with Gasteiger partial charge in [-0.2, -0.15) is 0 Å². The number of rotatable bonds is 2. The van der Waals surface area contributed by atoms with E-state index in [1.54, 1.807) is 12.4 Å². The second-order valence-corrected chi connectivity index (χ2v) is 4.52. The van der Waals surface area contributed by atoms with Crippen molar-refractivity contribution in [2.75, 3.05) is 0 Å². The molecule has 0 amide bonds. The van der Waals surface area contributed by atoms with Crippen molar-refractivity contribution < 1.29 is 0 Å². The van der Waals surface area contributed by atoms with Gasteiger partial charge < -0.3 is 4.57 Å². The summed E-state index contributed by atoms with van der Waals surface area (Å²) in [5, 5.41) is 8.27. The second kappa shape index (κ2) is 3.60. The maximum Gasteiger partial charge on any atom is 0.166 e. The summed E-state index contributed by atoms with van der Waals surface area (Å²) in [5.74, 6) is 0.892. The van der Waals surface area contributed by atoms with Gasteiger partial charge in [0.05, 0.1) is 11.0 Å². The average Bonchev–Trinajstić information content (AvgIpc) is 3.16. The van der Waals surface area contributed by atoms with Gasteiger partial charge in [-0.1, -0.05) is 6.07 Å². The Morgan fingerprint density at radius 3 is 2.89 bits per heavy atom. The fourth-order valence-corrected chi connectivity index (χ4v) is 2.23. The molecule has 0 N–H and O–H groups in total. The number of fused-ring (bicyclic) bond motifs is 1. The maximum atomic E-state index is 4.41. The molecule has 1 saturated carbocycles. The molecule has 0 saturated heterocycles. The first-order chi connectivity index (χ1) is 8.93. The minimum Gasteiger partial charge on any atom is -0.310 e. The lowest BCUT2D eigenvalue weighted by atomic mass is 10.1. The van der Waals surface area contributed by atoms with Gasteiger partial charge in [0, 0.05) is 24.0 Å². The van der Waals surface area contributed by atoms with E-state index in [1.165, 1.54) is 12.8 Å². The van der Waals surface area contributed by atoms with Crippen LogP contribution < -0.4 is 0 Å². The lowest BCUT2D eigenvalue weighted by Gasteiger charge is -2.06. The Labute approximate surface area is 104 Å². The Bertz CT molecular complexity index is 709. The standard InChI is InChI=1S/C13H11N5/c1-2-10(12-11(3-1)14-6-7-15-12)13-17-16-8-18(13)9-4-5-9/h1-3,6-9H,4-5H2. The van der Waals surface area contributed by atoms with Crippen LogP contribution in [0.3, 0.4) is 0 Å². The van der Waals surface area contributed by atoms with Crippen molar-refractivity contribution in [2.45, 2.75) is 18.9 Å². The van der Waals surface area contributed by atoms with E-state index in [0.29, 0.717) is 6.04 Å². The number of hydrogen-bond donors (Lipinski definition) is 0. The normalized spacial score (nSPS) is 15.1. The molecule has 18 heavy (non-hydrogen) atoms. The number of hydrogen-bond acceptors (Lipinski definition) is 4. The molecule has 1 aliphatic carbocycles. The Balaban J connectivity index is 1.98. The number of para-hydroxylation sites is 1. The molecule has 0 bridgehead atoms. The van der Waals surface area contributed by atoms with Crippen LogP contribution in [0.25, 0.3) is 22.4 Å².